The molecule has 1 aromatic heterocycles. The highest BCUT2D eigenvalue weighted by Gasteiger charge is 2.23. The summed E-state index contributed by atoms with van der Waals surface area (Å²) in [6.45, 7) is 8.68. The minimum Gasteiger partial charge on any atom is -0.347 e. The first-order valence-electron chi connectivity index (χ1n) is 8.12. The van der Waals surface area contributed by atoms with Gasteiger partial charge in [0.2, 0.25) is 5.91 Å². The van der Waals surface area contributed by atoms with Crippen LogP contribution in [0.15, 0.2) is 6.07 Å². The first kappa shape index (κ1) is 17.5. The fraction of sp³-hybridized carbons (Fsp3) is 0.688. The van der Waals surface area contributed by atoms with Gasteiger partial charge in [-0.05, 0) is 33.3 Å². The Kier molecular flexibility index (Phi) is 5.41. The smallest absolute Gasteiger partial charge is 0.272 e. The number of aryl methyl sites for hydroxylation is 1. The Labute approximate surface area is 137 Å². The van der Waals surface area contributed by atoms with Gasteiger partial charge in [-0.25, -0.2) is 0 Å². The van der Waals surface area contributed by atoms with Crippen molar-refractivity contribution in [3.8, 4) is 0 Å². The molecule has 0 aromatic carbocycles. The van der Waals surface area contributed by atoms with Gasteiger partial charge in [0.25, 0.3) is 5.91 Å². The zero-order valence-electron chi connectivity index (χ0n) is 14.7. The molecule has 2 heterocycles. The normalized spacial score (nSPS) is 16.6. The van der Waals surface area contributed by atoms with Crippen LogP contribution in [0, 0.1) is 0 Å². The molecule has 128 valence electrons. The number of fused-ring (bicyclic) bond motifs is 1. The van der Waals surface area contributed by atoms with Crippen LogP contribution in [0.3, 0.4) is 0 Å². The predicted molar refractivity (Wildman–Crippen MR) is 88.0 cm³/mol. The van der Waals surface area contributed by atoms with E-state index in [1.807, 2.05) is 10.7 Å². The number of rotatable bonds is 4. The van der Waals surface area contributed by atoms with Crippen molar-refractivity contribution in [3.63, 3.8) is 0 Å². The number of amides is 2. The molecule has 0 saturated carbocycles. The molecule has 0 bridgehead atoms. The maximum absolute atomic E-state index is 12.3. The minimum atomic E-state index is -0.564. The third-order valence-electron chi connectivity index (χ3n) is 4.17. The van der Waals surface area contributed by atoms with E-state index < -0.39 is 6.04 Å². The summed E-state index contributed by atoms with van der Waals surface area (Å²) in [5, 5.41) is 7.13. The number of hydrogen-bond donors (Lipinski definition) is 1. The van der Waals surface area contributed by atoms with Gasteiger partial charge in [-0.15, -0.1) is 0 Å². The zero-order chi connectivity index (χ0) is 17.1. The third kappa shape index (κ3) is 4.10. The molecule has 0 spiro atoms. The zero-order valence-corrected chi connectivity index (χ0v) is 14.7. The maximum atomic E-state index is 12.3. The van der Waals surface area contributed by atoms with Crippen LogP contribution in [-0.2, 0) is 17.9 Å². The molecule has 0 unspecified atom stereocenters. The molecule has 2 amide bonds. The average molecular weight is 321 g/mol. The number of hydrogen-bond acceptors (Lipinski definition) is 4. The highest BCUT2D eigenvalue weighted by atomic mass is 16.2. The van der Waals surface area contributed by atoms with Crippen LogP contribution in [0.4, 0.5) is 0 Å². The standard InChI is InChI=1S/C16H27N5O2/c1-11(2)20-7-6-8-21-13(10-20)9-14(18-21)15(22)17-12(3)16(23)19(4)5/h9,11-12H,6-8,10H2,1-5H3,(H,17,22)/t12-/m1/s1. The van der Waals surface area contributed by atoms with Crippen LogP contribution in [0.1, 0.15) is 43.4 Å². The van der Waals surface area contributed by atoms with Gasteiger partial charge in [-0.2, -0.15) is 5.10 Å². The number of carbonyl (C=O) groups excluding carboxylic acids is 2. The van der Waals surface area contributed by atoms with Gasteiger partial charge in [0.05, 0.1) is 5.69 Å². The number of carbonyl (C=O) groups is 2. The fourth-order valence-electron chi connectivity index (χ4n) is 2.76. The Morgan fingerprint density at radius 1 is 1.26 bits per heavy atom. The monoisotopic (exact) mass is 321 g/mol. The Balaban J connectivity index is 2.09. The third-order valence-corrected chi connectivity index (χ3v) is 4.17. The second-order valence-electron chi connectivity index (χ2n) is 6.59. The Hall–Kier alpha value is -1.89. The van der Waals surface area contributed by atoms with Gasteiger partial charge < -0.3 is 10.2 Å². The lowest BCUT2D eigenvalue weighted by Gasteiger charge is -2.23. The van der Waals surface area contributed by atoms with Gasteiger partial charge in [-0.1, -0.05) is 0 Å². The molecule has 0 fully saturated rings. The Bertz CT molecular complexity index is 579. The lowest BCUT2D eigenvalue weighted by molar-refractivity contribution is -0.130. The van der Waals surface area contributed by atoms with E-state index in [2.05, 4.69) is 29.2 Å². The number of likely N-dealkylation sites (N-methyl/N-ethyl adjacent to an activating group) is 1. The molecular weight excluding hydrogens is 294 g/mol. The highest BCUT2D eigenvalue weighted by molar-refractivity contribution is 5.95. The molecule has 2 rings (SSSR count). The van der Waals surface area contributed by atoms with Gasteiger partial charge in [0.1, 0.15) is 6.04 Å². The van der Waals surface area contributed by atoms with Crippen LogP contribution in [0.5, 0.6) is 0 Å². The quantitative estimate of drug-likeness (QED) is 0.886. The summed E-state index contributed by atoms with van der Waals surface area (Å²) in [7, 11) is 3.34. The van der Waals surface area contributed by atoms with Crippen molar-refractivity contribution in [3.05, 3.63) is 17.5 Å². The van der Waals surface area contributed by atoms with Crippen molar-refractivity contribution < 1.29 is 9.59 Å². The molecule has 0 aliphatic carbocycles. The first-order chi connectivity index (χ1) is 10.8. The first-order valence-corrected chi connectivity index (χ1v) is 8.12. The van der Waals surface area contributed by atoms with Gasteiger partial charge in [-0.3, -0.25) is 19.2 Å². The summed E-state index contributed by atoms with van der Waals surface area (Å²) < 4.78 is 1.91. The van der Waals surface area contributed by atoms with E-state index in [1.54, 1.807) is 21.0 Å². The van der Waals surface area contributed by atoms with E-state index in [-0.39, 0.29) is 11.8 Å². The molecule has 1 aliphatic rings. The van der Waals surface area contributed by atoms with E-state index in [1.165, 1.54) is 4.90 Å². The Morgan fingerprint density at radius 3 is 2.57 bits per heavy atom. The van der Waals surface area contributed by atoms with Crippen molar-refractivity contribution in [2.45, 2.75) is 52.4 Å². The molecule has 0 radical (unpaired) electrons. The van der Waals surface area contributed by atoms with Crippen LogP contribution >= 0.6 is 0 Å². The van der Waals surface area contributed by atoms with E-state index >= 15 is 0 Å². The lowest BCUT2D eigenvalue weighted by Crippen LogP contribution is -2.44. The SMILES string of the molecule is CC(C)N1CCCn2nc(C(=O)N[C@H](C)C(=O)N(C)C)cc2C1. The molecule has 7 heteroatoms. The van der Waals surface area contributed by atoms with Crippen LogP contribution in [-0.4, -0.2) is 64.1 Å². The minimum absolute atomic E-state index is 0.134. The molecular formula is C16H27N5O2. The van der Waals surface area contributed by atoms with Crippen molar-refractivity contribution in [1.29, 1.82) is 0 Å². The van der Waals surface area contributed by atoms with Crippen molar-refractivity contribution in [2.24, 2.45) is 0 Å². The van der Waals surface area contributed by atoms with E-state index in [0.717, 1.165) is 31.7 Å². The number of aromatic nitrogens is 2. The van der Waals surface area contributed by atoms with Crippen LogP contribution in [0.25, 0.3) is 0 Å². The second-order valence-corrected chi connectivity index (χ2v) is 6.59. The average Bonchev–Trinajstić information content (AvgIpc) is 2.77. The van der Waals surface area contributed by atoms with Crippen molar-refractivity contribution in [2.75, 3.05) is 20.6 Å². The van der Waals surface area contributed by atoms with E-state index in [4.69, 9.17) is 0 Å². The summed E-state index contributed by atoms with van der Waals surface area (Å²) in [6.07, 6.45) is 1.02. The molecule has 1 atom stereocenters. The fourth-order valence-corrected chi connectivity index (χ4v) is 2.76. The lowest BCUT2D eigenvalue weighted by atomic mass is 10.2. The van der Waals surface area contributed by atoms with Crippen LogP contribution < -0.4 is 5.32 Å². The van der Waals surface area contributed by atoms with Crippen molar-refractivity contribution in [1.82, 2.24) is 24.9 Å². The largest absolute Gasteiger partial charge is 0.347 e. The molecule has 7 nitrogen and oxygen atoms in total. The van der Waals surface area contributed by atoms with E-state index in [0.29, 0.717) is 11.7 Å². The number of nitrogens with one attached hydrogen (secondary N) is 1. The molecule has 1 N–H and O–H groups in total. The van der Waals surface area contributed by atoms with Crippen molar-refractivity contribution >= 4 is 11.8 Å². The molecule has 1 aromatic rings. The maximum Gasteiger partial charge on any atom is 0.272 e. The van der Waals surface area contributed by atoms with Gasteiger partial charge in [0.15, 0.2) is 5.69 Å². The summed E-state index contributed by atoms with van der Waals surface area (Å²) in [4.78, 5) is 28.0. The number of nitrogens with zero attached hydrogens (tertiary/aromatic N) is 4. The highest BCUT2D eigenvalue weighted by Crippen LogP contribution is 2.16. The summed E-state index contributed by atoms with van der Waals surface area (Å²) in [5.74, 6) is -0.436. The summed E-state index contributed by atoms with van der Waals surface area (Å²) in [6, 6.07) is 1.74. The molecule has 0 saturated heterocycles. The summed E-state index contributed by atoms with van der Waals surface area (Å²) >= 11 is 0. The predicted octanol–water partition coefficient (Wildman–Crippen LogP) is 0.704. The van der Waals surface area contributed by atoms with Gasteiger partial charge in [0, 0.05) is 39.8 Å². The second kappa shape index (κ2) is 7.12. The Morgan fingerprint density at radius 2 is 1.96 bits per heavy atom. The topological polar surface area (TPSA) is 70.5 Å². The van der Waals surface area contributed by atoms with Crippen LogP contribution in [0.2, 0.25) is 0 Å². The molecule has 23 heavy (non-hydrogen) atoms. The molecule has 1 aliphatic heterocycles. The van der Waals surface area contributed by atoms with E-state index in [9.17, 15) is 9.59 Å². The summed E-state index contributed by atoms with van der Waals surface area (Å²) in [5.41, 5.74) is 1.43. The van der Waals surface area contributed by atoms with Gasteiger partial charge >= 0.3 is 0 Å².